The van der Waals surface area contributed by atoms with Crippen molar-refractivity contribution in [1.29, 1.82) is 0 Å². The van der Waals surface area contributed by atoms with E-state index in [-0.39, 0.29) is 97.9 Å². The highest BCUT2D eigenvalue weighted by atomic mass is 35.5. The number of amides is 6. The molecule has 24 nitrogen and oxygen atoms in total. The summed E-state index contributed by atoms with van der Waals surface area (Å²) in [5, 5.41) is 19.2. The Morgan fingerprint density at radius 3 is 2.39 bits per heavy atom. The van der Waals surface area contributed by atoms with E-state index in [0.717, 1.165) is 60.9 Å². The van der Waals surface area contributed by atoms with Crippen molar-refractivity contribution in [2.75, 3.05) is 102 Å². The van der Waals surface area contributed by atoms with Gasteiger partial charge in [0, 0.05) is 98.8 Å². The van der Waals surface area contributed by atoms with Crippen LogP contribution in [-0.2, 0) is 38.6 Å². The van der Waals surface area contributed by atoms with Crippen LogP contribution in [0.25, 0.3) is 16.6 Å². The molecule has 1 aliphatic carbocycles. The average molecular weight is 1310 g/mol. The fraction of sp³-hybridized carbons (Fsp3) is 0.388. The van der Waals surface area contributed by atoms with Crippen LogP contribution < -0.4 is 25.0 Å². The molecular formula is C67H71ClN10O14S. The third-order valence-corrected chi connectivity index (χ3v) is 19.0. The Balaban J connectivity index is 0.623. The largest absolute Gasteiger partial charge is 0.455 e. The SMILES string of the molecule is CC1(C)CCC(CN2CCN(c3ccc(C(=O)NS(=O)(=O)c4ccc(NCC5CCN(C(=O)COCCOCCOCC#Cc6cccc7c6C(=O)N(C6CCC(=O)NC6=O)C7=O)CC5)c([N+](=O)[O-])c4)c(Oc4cnc5[nH]ccc5c4)c3)CC2)=C(c2ccc(Cl)cc2)C1. The lowest BCUT2D eigenvalue weighted by Gasteiger charge is -2.39. The molecule has 0 spiro atoms. The van der Waals surface area contributed by atoms with Crippen LogP contribution in [0.4, 0.5) is 17.1 Å². The number of carbonyl (C=O) groups is 6. The number of aromatic amines is 1. The monoisotopic (exact) mass is 1310 g/mol. The van der Waals surface area contributed by atoms with E-state index in [2.05, 4.69) is 72.9 Å². The summed E-state index contributed by atoms with van der Waals surface area (Å²) in [6.07, 6.45) is 7.61. The zero-order valence-electron chi connectivity index (χ0n) is 51.5. The number of carbonyl (C=O) groups excluding carboxylic acids is 6. The summed E-state index contributed by atoms with van der Waals surface area (Å²) < 4.78 is 53.1. The minimum absolute atomic E-state index is 0.00177. The van der Waals surface area contributed by atoms with Gasteiger partial charge in [-0.3, -0.25) is 54.0 Å². The van der Waals surface area contributed by atoms with Gasteiger partial charge in [-0.25, -0.2) is 18.1 Å². The number of H-pyrrole nitrogens is 1. The van der Waals surface area contributed by atoms with Crippen molar-refractivity contribution >= 4 is 90.7 Å². The molecule has 6 heterocycles. The molecule has 1 atom stereocenters. The van der Waals surface area contributed by atoms with Gasteiger partial charge in [-0.05, 0) is 122 Å². The Labute approximate surface area is 542 Å². The van der Waals surface area contributed by atoms with Gasteiger partial charge in [0.1, 0.15) is 42.1 Å². The Bertz CT molecular complexity index is 4090. The summed E-state index contributed by atoms with van der Waals surface area (Å²) in [5.74, 6) is 2.50. The van der Waals surface area contributed by atoms with Gasteiger partial charge in [-0.15, -0.1) is 0 Å². The molecule has 3 saturated heterocycles. The number of sulfonamides is 1. The number of pyridine rings is 1. The molecule has 486 valence electrons. The summed E-state index contributed by atoms with van der Waals surface area (Å²) in [7, 11) is -4.67. The highest BCUT2D eigenvalue weighted by Gasteiger charge is 2.45. The summed E-state index contributed by atoms with van der Waals surface area (Å²) in [4.78, 5) is 104. The van der Waals surface area contributed by atoms with Crippen LogP contribution in [0.2, 0.25) is 5.02 Å². The van der Waals surface area contributed by atoms with E-state index in [1.807, 2.05) is 18.2 Å². The van der Waals surface area contributed by atoms with Crippen LogP contribution >= 0.6 is 11.6 Å². The number of hydrogen-bond donors (Lipinski definition) is 4. The lowest BCUT2D eigenvalue weighted by molar-refractivity contribution is -0.384. The van der Waals surface area contributed by atoms with E-state index < -0.39 is 61.1 Å². The Morgan fingerprint density at radius 1 is 0.860 bits per heavy atom. The highest BCUT2D eigenvalue weighted by molar-refractivity contribution is 7.90. The standard InChI is InChI=1S/C67H71ClN10O14S/c1-67(2)22-18-47(54(38-67)44-8-10-48(68)11-9-44)41-74-26-28-75(29-27-74)49-12-14-52(58(36-49)92-50-35-46-19-23-69-62(46)71-40-50)63(81)73-93(87,88)51-13-15-55(57(37-51)78(85)86)70-39-43-20-24-76(25-21-43)60(80)42-91-34-33-90-32-31-89-30-4-6-45-5-3-7-53-61(45)66(84)77(65(53)83)56-16-17-59(79)72-64(56)82/h3,5,7-15,19,23,35-37,40,43,56,70H,16-18,20-22,24-34,38-39,41-42H2,1-2H3,(H,69,71)(H,73,81)(H,72,79,82). The zero-order chi connectivity index (χ0) is 65.4. The number of nitro benzene ring substituents is 1. The van der Waals surface area contributed by atoms with Crippen LogP contribution in [0.5, 0.6) is 11.5 Å². The number of halogens is 1. The number of allylic oxidation sites excluding steroid dienone is 1. The molecule has 93 heavy (non-hydrogen) atoms. The van der Waals surface area contributed by atoms with Gasteiger partial charge in [0.25, 0.3) is 33.4 Å². The first kappa shape index (κ1) is 65.5. The Morgan fingerprint density at radius 2 is 1.62 bits per heavy atom. The molecule has 6 amide bonds. The van der Waals surface area contributed by atoms with Crippen molar-refractivity contribution in [3.8, 4) is 23.3 Å². The van der Waals surface area contributed by atoms with E-state index >= 15 is 0 Å². The summed E-state index contributed by atoms with van der Waals surface area (Å²) >= 11 is 6.27. The third-order valence-electron chi connectivity index (χ3n) is 17.4. The number of nitrogens with one attached hydrogen (secondary N) is 4. The van der Waals surface area contributed by atoms with E-state index in [1.54, 1.807) is 41.4 Å². The van der Waals surface area contributed by atoms with Gasteiger partial charge in [0.2, 0.25) is 17.7 Å². The van der Waals surface area contributed by atoms with Crippen LogP contribution in [0.3, 0.4) is 0 Å². The lowest BCUT2D eigenvalue weighted by atomic mass is 9.72. The van der Waals surface area contributed by atoms with Crippen molar-refractivity contribution in [2.45, 2.75) is 69.7 Å². The molecule has 6 aromatic rings. The number of fused-ring (bicyclic) bond motifs is 2. The molecule has 0 bridgehead atoms. The van der Waals surface area contributed by atoms with E-state index in [1.165, 1.54) is 47.2 Å². The molecule has 0 saturated carbocycles. The molecule has 3 fully saturated rings. The molecular weight excluding hydrogens is 1240 g/mol. The first-order chi connectivity index (χ1) is 44.8. The van der Waals surface area contributed by atoms with Gasteiger partial charge < -0.3 is 39.0 Å². The molecule has 0 radical (unpaired) electrons. The van der Waals surface area contributed by atoms with Crippen LogP contribution in [0.15, 0.2) is 114 Å². The number of imide groups is 2. The number of rotatable bonds is 23. The first-order valence-electron chi connectivity index (χ1n) is 30.9. The minimum atomic E-state index is -4.67. The minimum Gasteiger partial charge on any atom is -0.455 e. The zero-order valence-corrected chi connectivity index (χ0v) is 53.1. The van der Waals surface area contributed by atoms with Crippen molar-refractivity contribution in [3.05, 3.63) is 152 Å². The van der Waals surface area contributed by atoms with Crippen LogP contribution in [0.1, 0.15) is 101 Å². The number of hydrogen-bond acceptors (Lipinski definition) is 18. The van der Waals surface area contributed by atoms with Gasteiger partial charge in [0.05, 0.1) is 59.1 Å². The van der Waals surface area contributed by atoms with Gasteiger partial charge in [-0.1, -0.05) is 61.1 Å². The molecule has 2 aromatic heterocycles. The average Bonchev–Trinajstić information content (AvgIpc) is 1.65. The Hall–Kier alpha value is -9.03. The molecule has 4 N–H and O–H groups in total. The van der Waals surface area contributed by atoms with Gasteiger partial charge >= 0.3 is 0 Å². The normalized spacial score (nSPS) is 17.9. The van der Waals surface area contributed by atoms with Crippen molar-refractivity contribution < 1.29 is 61.1 Å². The number of aromatic nitrogens is 2. The number of piperazine rings is 1. The molecule has 26 heteroatoms. The van der Waals surface area contributed by atoms with Crippen LogP contribution in [0, 0.1) is 33.3 Å². The molecule has 5 aliphatic rings. The third kappa shape index (κ3) is 15.7. The maximum absolute atomic E-state index is 14.2. The first-order valence-corrected chi connectivity index (χ1v) is 32.8. The topological polar surface area (TPSA) is 294 Å². The second-order valence-electron chi connectivity index (χ2n) is 24.3. The number of anilines is 2. The number of nitro groups is 1. The lowest BCUT2D eigenvalue weighted by Crippen LogP contribution is -2.54. The quantitative estimate of drug-likeness (QED) is 0.0155. The maximum atomic E-state index is 14.2. The fourth-order valence-electron chi connectivity index (χ4n) is 12.3. The second-order valence-corrected chi connectivity index (χ2v) is 26.5. The molecule has 1 unspecified atom stereocenters. The smallest absolute Gasteiger partial charge is 0.293 e. The summed E-state index contributed by atoms with van der Waals surface area (Å²) in [6, 6.07) is 23.7. The predicted molar refractivity (Wildman–Crippen MR) is 345 cm³/mol. The molecule has 4 aromatic carbocycles. The number of ether oxygens (including phenoxy) is 4. The molecule has 11 rings (SSSR count). The van der Waals surface area contributed by atoms with Crippen molar-refractivity contribution in [2.24, 2.45) is 11.3 Å². The highest BCUT2D eigenvalue weighted by Crippen LogP contribution is 2.44. The van der Waals surface area contributed by atoms with Crippen molar-refractivity contribution in [3.63, 3.8) is 0 Å². The second kappa shape index (κ2) is 28.9. The summed E-state index contributed by atoms with van der Waals surface area (Å²) in [6.45, 7) is 10.2. The number of benzene rings is 4. The fourth-order valence-corrected chi connectivity index (χ4v) is 13.4. The Kier molecular flexibility index (Phi) is 20.3. The van der Waals surface area contributed by atoms with Gasteiger partial charge in [0.15, 0.2) is 0 Å². The number of piperidine rings is 2. The van der Waals surface area contributed by atoms with E-state index in [4.69, 9.17) is 30.5 Å². The number of nitrogens with zero attached hydrogens (tertiary/aromatic N) is 6. The van der Waals surface area contributed by atoms with E-state index in [0.29, 0.717) is 67.5 Å². The van der Waals surface area contributed by atoms with Crippen LogP contribution in [-0.4, -0.2) is 171 Å². The maximum Gasteiger partial charge on any atom is 0.293 e. The predicted octanol–water partition coefficient (Wildman–Crippen LogP) is 7.97. The van der Waals surface area contributed by atoms with E-state index in [9.17, 15) is 47.3 Å². The molecule has 4 aliphatic heterocycles. The van der Waals surface area contributed by atoms with Crippen molar-refractivity contribution in [1.82, 2.24) is 34.7 Å². The summed E-state index contributed by atoms with van der Waals surface area (Å²) in [5.41, 5.74) is 5.67. The number of likely N-dealkylation sites (tertiary alicyclic amines) is 1. The van der Waals surface area contributed by atoms with Gasteiger partial charge in [-0.2, -0.15) is 0 Å².